The molecular weight excluding hydrogens is 106 g/mol. The summed E-state index contributed by atoms with van der Waals surface area (Å²) in [6.07, 6.45) is 0. The van der Waals surface area contributed by atoms with Gasteiger partial charge < -0.3 is 5.73 Å². The van der Waals surface area contributed by atoms with Gasteiger partial charge in [0.05, 0.1) is 5.41 Å². The molecule has 0 aromatic rings. The molecule has 0 aromatic heterocycles. The van der Waals surface area contributed by atoms with E-state index in [1.165, 1.54) is 13.8 Å². The molecule has 0 unspecified atom stereocenters. The number of hydrogen-bond acceptors (Lipinski definition) is 2. The third kappa shape index (κ3) is 1.50. The molecule has 0 atom stereocenters. The first-order chi connectivity index (χ1) is 3.50. The van der Waals surface area contributed by atoms with Gasteiger partial charge in [-0.25, -0.2) is 9.90 Å². The molecule has 2 N–H and O–H groups in total. The van der Waals surface area contributed by atoms with E-state index in [0.717, 1.165) is 0 Å². The maximum atomic E-state index is 10.1. The van der Waals surface area contributed by atoms with Crippen LogP contribution in [-0.4, -0.2) is 12.5 Å². The van der Waals surface area contributed by atoms with Gasteiger partial charge in [0.2, 0.25) is 0 Å². The van der Waals surface area contributed by atoms with E-state index < -0.39 is 11.4 Å². The van der Waals surface area contributed by atoms with E-state index >= 15 is 0 Å². The highest BCUT2D eigenvalue weighted by Gasteiger charge is 2.26. The summed E-state index contributed by atoms with van der Waals surface area (Å²) in [5.41, 5.74) is 4.21. The van der Waals surface area contributed by atoms with Crippen molar-refractivity contribution < 1.29 is 9.90 Å². The number of rotatable bonds is 2. The van der Waals surface area contributed by atoms with Gasteiger partial charge in [0, 0.05) is 6.54 Å². The molecular formula is C5H10NO2. The van der Waals surface area contributed by atoms with Gasteiger partial charge in [-0.1, -0.05) is 0 Å². The Kier molecular flexibility index (Phi) is 1.98. The molecule has 0 aliphatic rings. The minimum atomic E-state index is -1.10. The molecule has 0 bridgehead atoms. The van der Waals surface area contributed by atoms with Gasteiger partial charge in [-0.2, -0.15) is 0 Å². The molecule has 0 spiro atoms. The van der Waals surface area contributed by atoms with Crippen molar-refractivity contribution in [3.05, 3.63) is 0 Å². The first-order valence-electron chi connectivity index (χ1n) is 2.42. The molecule has 0 amide bonds. The minimum absolute atomic E-state index is 0.120. The largest absolute Gasteiger partial charge is 0.362 e. The van der Waals surface area contributed by atoms with Gasteiger partial charge in [0.25, 0.3) is 0 Å². The average Bonchev–Trinajstić information content (AvgIpc) is 1.67. The van der Waals surface area contributed by atoms with Crippen LogP contribution in [0.4, 0.5) is 0 Å². The summed E-state index contributed by atoms with van der Waals surface area (Å²) in [7, 11) is 0. The first kappa shape index (κ1) is 7.43. The van der Waals surface area contributed by atoms with Crippen LogP contribution < -0.4 is 5.73 Å². The van der Waals surface area contributed by atoms with E-state index in [2.05, 4.69) is 0 Å². The van der Waals surface area contributed by atoms with Crippen LogP contribution in [-0.2, 0) is 9.90 Å². The lowest BCUT2D eigenvalue weighted by atomic mass is 9.95. The van der Waals surface area contributed by atoms with Crippen molar-refractivity contribution in [2.75, 3.05) is 6.54 Å². The summed E-state index contributed by atoms with van der Waals surface area (Å²) < 4.78 is 0. The molecule has 3 nitrogen and oxygen atoms in total. The smallest absolute Gasteiger partial charge is 0.329 e. The van der Waals surface area contributed by atoms with Crippen molar-refractivity contribution in [2.45, 2.75) is 13.8 Å². The van der Waals surface area contributed by atoms with Gasteiger partial charge in [-0.3, -0.25) is 0 Å². The lowest BCUT2D eigenvalue weighted by Crippen LogP contribution is -2.31. The van der Waals surface area contributed by atoms with Gasteiger partial charge in [0.1, 0.15) is 0 Å². The third-order valence-electron chi connectivity index (χ3n) is 1.06. The zero-order valence-electron chi connectivity index (χ0n) is 5.10. The minimum Gasteiger partial charge on any atom is -0.329 e. The summed E-state index contributed by atoms with van der Waals surface area (Å²) in [4.78, 5) is 10.1. The summed E-state index contributed by atoms with van der Waals surface area (Å²) >= 11 is 0. The Morgan fingerprint density at radius 3 is 2.00 bits per heavy atom. The van der Waals surface area contributed by atoms with Crippen LogP contribution in [0.15, 0.2) is 0 Å². The number of carbonyl (C=O) groups is 1. The van der Waals surface area contributed by atoms with Gasteiger partial charge in [-0.15, -0.1) is 0 Å². The van der Waals surface area contributed by atoms with Crippen molar-refractivity contribution in [2.24, 2.45) is 11.1 Å². The highest BCUT2D eigenvalue weighted by Crippen LogP contribution is 2.11. The monoisotopic (exact) mass is 116 g/mol. The average molecular weight is 116 g/mol. The van der Waals surface area contributed by atoms with Gasteiger partial charge >= 0.3 is 5.97 Å². The Morgan fingerprint density at radius 2 is 2.00 bits per heavy atom. The predicted molar refractivity (Wildman–Crippen MR) is 28.5 cm³/mol. The van der Waals surface area contributed by atoms with Crippen molar-refractivity contribution >= 4 is 5.97 Å². The van der Waals surface area contributed by atoms with E-state index in [1.54, 1.807) is 0 Å². The van der Waals surface area contributed by atoms with Crippen LogP contribution >= 0.6 is 0 Å². The van der Waals surface area contributed by atoms with Crippen molar-refractivity contribution in [1.82, 2.24) is 0 Å². The highest BCUT2D eigenvalue weighted by molar-refractivity contribution is 5.73. The standard InChI is InChI=1S/C5H10NO2/c1-5(2,3-6)4(7)8/h3,6H2,1-2H3. The fraction of sp³-hybridized carbons (Fsp3) is 0.800. The van der Waals surface area contributed by atoms with E-state index in [-0.39, 0.29) is 6.54 Å². The lowest BCUT2D eigenvalue weighted by molar-refractivity contribution is -0.152. The summed E-state index contributed by atoms with van der Waals surface area (Å²) in [5.74, 6) is -1.10. The Hall–Kier alpha value is -0.570. The van der Waals surface area contributed by atoms with Crippen LogP contribution in [0.2, 0.25) is 0 Å². The topological polar surface area (TPSA) is 63.0 Å². The molecule has 0 rings (SSSR count). The van der Waals surface area contributed by atoms with Crippen LogP contribution in [0, 0.1) is 5.41 Å². The fourth-order valence-electron chi connectivity index (χ4n) is 0.0833. The molecule has 3 heteroatoms. The van der Waals surface area contributed by atoms with E-state index in [9.17, 15) is 9.90 Å². The number of hydrogen-bond donors (Lipinski definition) is 1. The normalized spacial score (nSPS) is 11.4. The molecule has 0 aliphatic carbocycles. The van der Waals surface area contributed by atoms with E-state index in [0.29, 0.717) is 0 Å². The second-order valence-corrected chi connectivity index (χ2v) is 2.38. The van der Waals surface area contributed by atoms with Crippen molar-refractivity contribution in [1.29, 1.82) is 0 Å². The van der Waals surface area contributed by atoms with Gasteiger partial charge in [0.15, 0.2) is 0 Å². The number of carbonyl (C=O) groups excluding carboxylic acids is 1. The maximum absolute atomic E-state index is 10.1. The second kappa shape index (κ2) is 2.13. The molecule has 47 valence electrons. The van der Waals surface area contributed by atoms with Crippen molar-refractivity contribution in [3.63, 3.8) is 0 Å². The molecule has 0 saturated carbocycles. The Bertz CT molecular complexity index is 98.6. The molecule has 8 heavy (non-hydrogen) atoms. The van der Waals surface area contributed by atoms with E-state index in [4.69, 9.17) is 5.73 Å². The maximum Gasteiger partial charge on any atom is 0.362 e. The summed E-state index contributed by atoms with van der Waals surface area (Å²) in [6.45, 7) is 3.18. The van der Waals surface area contributed by atoms with E-state index in [1.807, 2.05) is 0 Å². The second-order valence-electron chi connectivity index (χ2n) is 2.38. The van der Waals surface area contributed by atoms with Crippen molar-refractivity contribution in [3.8, 4) is 0 Å². The van der Waals surface area contributed by atoms with Crippen LogP contribution in [0.1, 0.15) is 13.8 Å². The van der Waals surface area contributed by atoms with Crippen LogP contribution in [0.3, 0.4) is 0 Å². The van der Waals surface area contributed by atoms with Crippen LogP contribution in [0.25, 0.3) is 0 Å². The summed E-state index contributed by atoms with van der Waals surface area (Å²) in [6, 6.07) is 0. The molecule has 0 saturated heterocycles. The zero-order valence-corrected chi connectivity index (χ0v) is 5.10. The zero-order chi connectivity index (χ0) is 6.78. The Labute approximate surface area is 48.5 Å². The Balaban J connectivity index is 3.91. The molecule has 1 radical (unpaired) electrons. The fourth-order valence-corrected chi connectivity index (χ4v) is 0.0833. The molecule has 0 aliphatic heterocycles. The molecule has 0 aromatic carbocycles. The summed E-state index contributed by atoms with van der Waals surface area (Å²) in [5, 5.41) is 10.1. The first-order valence-corrected chi connectivity index (χ1v) is 2.42. The molecule has 0 heterocycles. The highest BCUT2D eigenvalue weighted by atomic mass is 16.4. The Morgan fingerprint density at radius 1 is 1.62 bits per heavy atom. The quantitative estimate of drug-likeness (QED) is 0.548. The lowest BCUT2D eigenvalue weighted by Gasteiger charge is -2.12. The predicted octanol–water partition coefficient (Wildman–Crippen LogP) is -0.0716. The third-order valence-corrected chi connectivity index (χ3v) is 1.06. The number of nitrogens with two attached hydrogens (primary N) is 1. The molecule has 0 fully saturated rings. The van der Waals surface area contributed by atoms with Crippen LogP contribution in [0.5, 0.6) is 0 Å². The SMILES string of the molecule is CC(C)(CN)C([O])=O. The van der Waals surface area contributed by atoms with Gasteiger partial charge in [-0.05, 0) is 13.8 Å².